The third kappa shape index (κ3) is 2.93. The van der Waals surface area contributed by atoms with Gasteiger partial charge in [0.25, 0.3) is 0 Å². The van der Waals surface area contributed by atoms with Crippen molar-refractivity contribution in [2.75, 3.05) is 6.26 Å². The number of benzene rings is 2. The average molecular weight is 292 g/mol. The van der Waals surface area contributed by atoms with Gasteiger partial charge in [0.1, 0.15) is 5.82 Å². The molecule has 0 amide bonds. The second-order valence-electron chi connectivity index (χ2n) is 4.61. The Labute approximate surface area is 117 Å². The third-order valence-corrected chi connectivity index (χ3v) is 4.00. The molecule has 0 unspecified atom stereocenters. The molecule has 0 saturated heterocycles. The van der Waals surface area contributed by atoms with Crippen molar-refractivity contribution in [3.63, 3.8) is 0 Å². The Balaban J connectivity index is 2.52. The van der Waals surface area contributed by atoms with Crippen molar-refractivity contribution in [3.8, 4) is 0 Å². The van der Waals surface area contributed by atoms with Crippen LogP contribution in [0.3, 0.4) is 0 Å². The number of hydrogen-bond donors (Lipinski definition) is 0. The predicted octanol–water partition coefficient (Wildman–Crippen LogP) is 2.77. The lowest BCUT2D eigenvalue weighted by atomic mass is 10.0. The standard InChI is InChI=1S/C15H13FO3S/c1-10-6-7-14(16)13(8-10)15(17)11-4-3-5-12(9-11)20(2,18)19/h3-9H,1-2H3. The molecule has 2 aromatic carbocycles. The van der Waals surface area contributed by atoms with Gasteiger partial charge in [-0.25, -0.2) is 12.8 Å². The van der Waals surface area contributed by atoms with Crippen molar-refractivity contribution >= 4 is 15.6 Å². The van der Waals surface area contributed by atoms with E-state index in [2.05, 4.69) is 0 Å². The van der Waals surface area contributed by atoms with Crippen molar-refractivity contribution in [2.24, 2.45) is 0 Å². The summed E-state index contributed by atoms with van der Waals surface area (Å²) in [5.74, 6) is -1.15. The van der Waals surface area contributed by atoms with Crippen LogP contribution in [0.25, 0.3) is 0 Å². The molecule has 0 atom stereocenters. The van der Waals surface area contributed by atoms with Gasteiger partial charge in [0.05, 0.1) is 10.5 Å². The molecule has 0 saturated carbocycles. The van der Waals surface area contributed by atoms with Gasteiger partial charge in [0, 0.05) is 11.8 Å². The molecule has 0 aliphatic heterocycles. The van der Waals surface area contributed by atoms with E-state index >= 15 is 0 Å². The van der Waals surface area contributed by atoms with Gasteiger partial charge in [-0.1, -0.05) is 23.8 Å². The number of rotatable bonds is 3. The van der Waals surface area contributed by atoms with Crippen LogP contribution in [0.2, 0.25) is 0 Å². The Bertz CT molecular complexity index is 779. The fourth-order valence-corrected chi connectivity index (χ4v) is 2.50. The molecule has 5 heteroatoms. The minimum Gasteiger partial charge on any atom is -0.288 e. The van der Waals surface area contributed by atoms with Crippen LogP contribution < -0.4 is 0 Å². The highest BCUT2D eigenvalue weighted by Gasteiger charge is 2.16. The first-order valence-electron chi connectivity index (χ1n) is 5.90. The number of carbonyl (C=O) groups excluding carboxylic acids is 1. The predicted molar refractivity (Wildman–Crippen MR) is 74.1 cm³/mol. The van der Waals surface area contributed by atoms with Crippen molar-refractivity contribution < 1.29 is 17.6 Å². The van der Waals surface area contributed by atoms with E-state index in [-0.39, 0.29) is 16.0 Å². The molecular formula is C15H13FO3S. The van der Waals surface area contributed by atoms with E-state index in [9.17, 15) is 17.6 Å². The van der Waals surface area contributed by atoms with Gasteiger partial charge < -0.3 is 0 Å². The molecule has 0 spiro atoms. The van der Waals surface area contributed by atoms with E-state index in [1.807, 2.05) is 0 Å². The molecule has 0 aliphatic rings. The summed E-state index contributed by atoms with van der Waals surface area (Å²) in [6.45, 7) is 1.75. The fourth-order valence-electron chi connectivity index (χ4n) is 1.84. The molecule has 0 bridgehead atoms. The van der Waals surface area contributed by atoms with E-state index in [0.717, 1.165) is 11.8 Å². The van der Waals surface area contributed by atoms with Gasteiger partial charge in [0.15, 0.2) is 15.6 Å². The summed E-state index contributed by atoms with van der Waals surface area (Å²) in [6, 6.07) is 9.85. The van der Waals surface area contributed by atoms with Crippen LogP contribution in [-0.2, 0) is 9.84 Å². The molecule has 104 valence electrons. The lowest BCUT2D eigenvalue weighted by molar-refractivity contribution is 0.103. The maximum Gasteiger partial charge on any atom is 0.196 e. The quantitative estimate of drug-likeness (QED) is 0.817. The maximum absolute atomic E-state index is 13.7. The summed E-state index contributed by atoms with van der Waals surface area (Å²) >= 11 is 0. The van der Waals surface area contributed by atoms with Gasteiger partial charge in [-0.2, -0.15) is 0 Å². The molecule has 0 aliphatic carbocycles. The van der Waals surface area contributed by atoms with E-state index in [1.54, 1.807) is 13.0 Å². The largest absolute Gasteiger partial charge is 0.288 e. The third-order valence-electron chi connectivity index (χ3n) is 2.89. The number of halogens is 1. The molecule has 0 N–H and O–H groups in total. The Kier molecular flexibility index (Phi) is 3.72. The SMILES string of the molecule is Cc1ccc(F)c(C(=O)c2cccc(S(C)(=O)=O)c2)c1. The summed E-state index contributed by atoms with van der Waals surface area (Å²) in [7, 11) is -3.41. The summed E-state index contributed by atoms with van der Waals surface area (Å²) < 4.78 is 36.7. The normalized spacial score (nSPS) is 11.3. The first-order chi connectivity index (χ1) is 9.29. The number of carbonyl (C=O) groups is 1. The maximum atomic E-state index is 13.7. The lowest BCUT2D eigenvalue weighted by Crippen LogP contribution is -2.06. The van der Waals surface area contributed by atoms with Crippen LogP contribution >= 0.6 is 0 Å². The summed E-state index contributed by atoms with van der Waals surface area (Å²) in [5, 5.41) is 0. The zero-order chi connectivity index (χ0) is 14.9. The first kappa shape index (κ1) is 14.4. The molecule has 2 rings (SSSR count). The zero-order valence-corrected chi connectivity index (χ0v) is 11.9. The topological polar surface area (TPSA) is 51.2 Å². The fraction of sp³-hybridized carbons (Fsp3) is 0.133. The van der Waals surface area contributed by atoms with Gasteiger partial charge in [-0.05, 0) is 31.2 Å². The van der Waals surface area contributed by atoms with Crippen molar-refractivity contribution in [2.45, 2.75) is 11.8 Å². The molecule has 0 aromatic heterocycles. The second kappa shape index (κ2) is 5.17. The Morgan fingerprint density at radius 2 is 1.80 bits per heavy atom. The van der Waals surface area contributed by atoms with Gasteiger partial charge in [0.2, 0.25) is 0 Å². The smallest absolute Gasteiger partial charge is 0.196 e. The number of hydrogen-bond acceptors (Lipinski definition) is 3. The Morgan fingerprint density at radius 3 is 2.45 bits per heavy atom. The first-order valence-corrected chi connectivity index (χ1v) is 7.79. The molecule has 2 aromatic rings. The number of aryl methyl sites for hydroxylation is 1. The molecule has 0 heterocycles. The highest BCUT2D eigenvalue weighted by molar-refractivity contribution is 7.90. The molecule has 3 nitrogen and oxygen atoms in total. The van der Waals surface area contributed by atoms with Crippen LogP contribution in [0.5, 0.6) is 0 Å². The number of ketones is 1. The minimum atomic E-state index is -3.41. The zero-order valence-electron chi connectivity index (χ0n) is 11.1. The van der Waals surface area contributed by atoms with E-state index in [4.69, 9.17) is 0 Å². The monoisotopic (exact) mass is 292 g/mol. The van der Waals surface area contributed by atoms with E-state index < -0.39 is 21.4 Å². The van der Waals surface area contributed by atoms with Crippen LogP contribution in [0, 0.1) is 12.7 Å². The Morgan fingerprint density at radius 1 is 1.10 bits per heavy atom. The van der Waals surface area contributed by atoms with Gasteiger partial charge >= 0.3 is 0 Å². The van der Waals surface area contributed by atoms with Gasteiger partial charge in [-0.15, -0.1) is 0 Å². The molecule has 0 fully saturated rings. The van der Waals surface area contributed by atoms with Gasteiger partial charge in [-0.3, -0.25) is 4.79 Å². The lowest BCUT2D eigenvalue weighted by Gasteiger charge is -2.05. The summed E-state index contributed by atoms with van der Waals surface area (Å²) in [4.78, 5) is 12.3. The number of sulfone groups is 1. The van der Waals surface area contributed by atoms with Crippen molar-refractivity contribution in [1.29, 1.82) is 0 Å². The second-order valence-corrected chi connectivity index (χ2v) is 6.63. The Hall–Kier alpha value is -2.01. The molecule has 20 heavy (non-hydrogen) atoms. The molecular weight excluding hydrogens is 279 g/mol. The highest BCUT2D eigenvalue weighted by atomic mass is 32.2. The van der Waals surface area contributed by atoms with Crippen molar-refractivity contribution in [3.05, 3.63) is 65.0 Å². The van der Waals surface area contributed by atoms with Crippen LogP contribution in [0.4, 0.5) is 4.39 Å². The average Bonchev–Trinajstić information content (AvgIpc) is 2.40. The summed E-state index contributed by atoms with van der Waals surface area (Å²) in [6.07, 6.45) is 1.06. The minimum absolute atomic E-state index is 0.0383. The van der Waals surface area contributed by atoms with Crippen LogP contribution in [-0.4, -0.2) is 20.5 Å². The summed E-state index contributed by atoms with van der Waals surface area (Å²) in [5.41, 5.74) is 0.849. The molecule has 0 radical (unpaired) electrons. The van der Waals surface area contributed by atoms with E-state index in [0.29, 0.717) is 0 Å². The van der Waals surface area contributed by atoms with E-state index in [1.165, 1.54) is 36.4 Å². The van der Waals surface area contributed by atoms with Crippen LogP contribution in [0.1, 0.15) is 21.5 Å². The van der Waals surface area contributed by atoms with Crippen molar-refractivity contribution in [1.82, 2.24) is 0 Å². The van der Waals surface area contributed by atoms with Crippen LogP contribution in [0.15, 0.2) is 47.4 Å². The highest BCUT2D eigenvalue weighted by Crippen LogP contribution is 2.18.